The van der Waals surface area contributed by atoms with Crippen molar-refractivity contribution in [3.63, 3.8) is 0 Å². The summed E-state index contributed by atoms with van der Waals surface area (Å²) >= 11 is 0. The van der Waals surface area contributed by atoms with Gasteiger partial charge in [0.1, 0.15) is 6.04 Å². The van der Waals surface area contributed by atoms with Crippen LogP contribution in [0.1, 0.15) is 12.5 Å². The number of fused-ring (bicyclic) bond motifs is 1. The third-order valence-electron chi connectivity index (χ3n) is 4.10. The summed E-state index contributed by atoms with van der Waals surface area (Å²) < 4.78 is 29.5. The Labute approximate surface area is 124 Å². The first-order valence-corrected chi connectivity index (χ1v) is 6.69. The highest BCUT2D eigenvalue weighted by Gasteiger charge is 2.69. The van der Waals surface area contributed by atoms with Crippen LogP contribution in [0, 0.1) is 5.92 Å². The molecule has 1 N–H and O–H groups in total. The molecule has 22 heavy (non-hydrogen) atoms. The molecule has 1 fully saturated rings. The van der Waals surface area contributed by atoms with Crippen LogP contribution in [-0.2, 0) is 9.59 Å². The molecule has 116 valence electrons. The largest absolute Gasteiger partial charge is 0.543 e. The van der Waals surface area contributed by atoms with Crippen LogP contribution in [-0.4, -0.2) is 40.0 Å². The minimum atomic E-state index is -3.58. The molecule has 3 atom stereocenters. The van der Waals surface area contributed by atoms with Gasteiger partial charge in [-0.3, -0.25) is 9.69 Å². The average molecular weight is 308 g/mol. The van der Waals surface area contributed by atoms with Gasteiger partial charge >= 0.3 is 0 Å². The number of amides is 1. The minimum Gasteiger partial charge on any atom is -0.543 e. The zero-order valence-corrected chi connectivity index (χ0v) is 11.5. The van der Waals surface area contributed by atoms with E-state index in [1.165, 1.54) is 31.2 Å². The molecule has 0 unspecified atom stereocenters. The number of aliphatic hydroxyl groups is 1. The Morgan fingerprint density at radius 1 is 1.36 bits per heavy atom. The lowest BCUT2D eigenvalue weighted by Crippen LogP contribution is -2.67. The lowest BCUT2D eigenvalue weighted by Gasteiger charge is -2.46. The van der Waals surface area contributed by atoms with Crippen molar-refractivity contribution in [2.24, 2.45) is 5.92 Å². The van der Waals surface area contributed by atoms with E-state index in [0.29, 0.717) is 4.90 Å². The van der Waals surface area contributed by atoms with Crippen molar-refractivity contribution in [3.8, 4) is 0 Å². The maximum Gasteiger partial charge on any atom is 0.297 e. The molecule has 0 aliphatic carbocycles. The van der Waals surface area contributed by atoms with Crippen LogP contribution in [0.5, 0.6) is 0 Å². The highest BCUT2D eigenvalue weighted by atomic mass is 19.3. The molecule has 2 aliphatic rings. The molecule has 7 heteroatoms. The third-order valence-corrected chi connectivity index (χ3v) is 4.10. The number of hydrogen-bond acceptors (Lipinski definition) is 4. The number of aliphatic hydroxyl groups excluding tert-OH is 1. The first kappa shape index (κ1) is 14.6. The molecule has 1 amide bonds. The number of β-lactam (4-membered cyclic amide) rings is 1. The Hall–Kier alpha value is -2.28. The van der Waals surface area contributed by atoms with Crippen LogP contribution in [0.3, 0.4) is 0 Å². The number of benzene rings is 1. The van der Waals surface area contributed by atoms with E-state index < -0.39 is 47.1 Å². The molecule has 1 aromatic carbocycles. The summed E-state index contributed by atoms with van der Waals surface area (Å²) in [5.41, 5.74) is -1.55. The van der Waals surface area contributed by atoms with Gasteiger partial charge in [-0.1, -0.05) is 30.3 Å². The monoisotopic (exact) mass is 308 g/mol. The normalized spacial score (nSPS) is 27.5. The third kappa shape index (κ3) is 1.72. The predicted octanol–water partition coefficient (Wildman–Crippen LogP) is 0.00430. The number of nitrogens with zero attached hydrogens (tertiary/aromatic N) is 1. The highest BCUT2D eigenvalue weighted by Crippen LogP contribution is 2.55. The summed E-state index contributed by atoms with van der Waals surface area (Å²) in [5.74, 6) is -7.57. The van der Waals surface area contributed by atoms with Gasteiger partial charge in [0.05, 0.1) is 29.3 Å². The second-order valence-electron chi connectivity index (χ2n) is 5.42. The maximum absolute atomic E-state index is 14.7. The fourth-order valence-electron chi connectivity index (χ4n) is 3.18. The number of carboxylic acid groups (broad SMARTS) is 1. The number of carbonyl (C=O) groups is 2. The first-order valence-electron chi connectivity index (χ1n) is 6.69. The maximum atomic E-state index is 14.7. The van der Waals surface area contributed by atoms with E-state index in [0.717, 1.165) is 0 Å². The molecule has 3 rings (SSSR count). The zero-order valence-electron chi connectivity index (χ0n) is 11.5. The number of halogens is 2. The van der Waals surface area contributed by atoms with Gasteiger partial charge in [0, 0.05) is 0 Å². The van der Waals surface area contributed by atoms with Crippen molar-refractivity contribution in [2.75, 3.05) is 0 Å². The Bertz CT molecular complexity index is 684. The van der Waals surface area contributed by atoms with E-state index in [1.54, 1.807) is 6.07 Å². The van der Waals surface area contributed by atoms with Crippen LogP contribution in [0.2, 0.25) is 0 Å². The highest BCUT2D eigenvalue weighted by molar-refractivity contribution is 6.07. The van der Waals surface area contributed by atoms with Crippen LogP contribution in [0.15, 0.2) is 36.0 Å². The smallest absolute Gasteiger partial charge is 0.297 e. The van der Waals surface area contributed by atoms with Crippen molar-refractivity contribution < 1.29 is 28.6 Å². The van der Waals surface area contributed by atoms with Gasteiger partial charge in [-0.25, -0.2) is 0 Å². The fourth-order valence-corrected chi connectivity index (χ4v) is 3.18. The molecule has 5 nitrogen and oxygen atoms in total. The van der Waals surface area contributed by atoms with Crippen molar-refractivity contribution in [1.29, 1.82) is 0 Å². The van der Waals surface area contributed by atoms with Crippen molar-refractivity contribution >= 4 is 17.4 Å². The number of carbonyl (C=O) groups excluding carboxylic acids is 2. The zero-order chi connectivity index (χ0) is 16.2. The molecule has 0 spiro atoms. The van der Waals surface area contributed by atoms with E-state index in [9.17, 15) is 28.6 Å². The lowest BCUT2D eigenvalue weighted by atomic mass is 9.80. The Balaban J connectivity index is 2.19. The molecule has 0 radical (unpaired) electrons. The Morgan fingerprint density at radius 2 is 1.95 bits per heavy atom. The molecule has 0 saturated carbocycles. The van der Waals surface area contributed by atoms with Gasteiger partial charge in [0.25, 0.3) is 5.92 Å². The van der Waals surface area contributed by atoms with Gasteiger partial charge in [-0.05, 0) is 12.5 Å². The van der Waals surface area contributed by atoms with Gasteiger partial charge in [-0.2, -0.15) is 8.78 Å². The van der Waals surface area contributed by atoms with Gasteiger partial charge in [0.2, 0.25) is 5.91 Å². The molecule has 1 saturated heterocycles. The summed E-state index contributed by atoms with van der Waals surface area (Å²) in [7, 11) is 0. The molecule has 2 aliphatic heterocycles. The van der Waals surface area contributed by atoms with E-state index >= 15 is 0 Å². The summed E-state index contributed by atoms with van der Waals surface area (Å²) in [6, 6.07) is 5.60. The topological polar surface area (TPSA) is 80.7 Å². The summed E-state index contributed by atoms with van der Waals surface area (Å²) in [4.78, 5) is 23.8. The molecular formula is C15H12F2NO4-. The second kappa shape index (κ2) is 4.61. The average Bonchev–Trinajstić information content (AvgIpc) is 2.64. The Kier molecular flexibility index (Phi) is 3.07. The summed E-state index contributed by atoms with van der Waals surface area (Å²) in [5, 5.41) is 20.9. The number of carboxylic acids is 1. The number of rotatable bonds is 3. The number of alkyl halides is 2. The number of aliphatic carboxylic acids is 1. The number of hydrogen-bond donors (Lipinski definition) is 1. The summed E-state index contributed by atoms with van der Waals surface area (Å²) in [6.45, 7) is 1.23. The van der Waals surface area contributed by atoms with Crippen molar-refractivity contribution in [1.82, 2.24) is 4.90 Å². The quantitative estimate of drug-likeness (QED) is 0.797. The molecule has 0 bridgehead atoms. The first-order chi connectivity index (χ1) is 10.3. The van der Waals surface area contributed by atoms with E-state index in [2.05, 4.69) is 0 Å². The summed E-state index contributed by atoms with van der Waals surface area (Å²) in [6.07, 6.45) is -1.29. The predicted molar refractivity (Wildman–Crippen MR) is 69.1 cm³/mol. The van der Waals surface area contributed by atoms with Crippen molar-refractivity contribution in [2.45, 2.75) is 25.0 Å². The van der Waals surface area contributed by atoms with Gasteiger partial charge < -0.3 is 15.0 Å². The standard InChI is InChI=1S/C15H13F2NO4/c1-7(19)9-12-15(16,17)10(8-5-3-2-4-6-8)11(14(21)22)18(12)13(9)20/h2-7,9,12,19H,1H3,(H,21,22)/p-1/t7-,9+,12-/m1/s1. The second-order valence-corrected chi connectivity index (χ2v) is 5.42. The minimum absolute atomic E-state index is 0.0123. The SMILES string of the molecule is C[C@@H](O)[C@@H]1C(=O)N2C(C(=O)[O-])=C(c3ccccc3)C(F)(F)[C@@H]12. The van der Waals surface area contributed by atoms with Crippen LogP contribution >= 0.6 is 0 Å². The lowest BCUT2D eigenvalue weighted by molar-refractivity contribution is -0.301. The molecule has 0 aromatic heterocycles. The Morgan fingerprint density at radius 3 is 2.45 bits per heavy atom. The molecular weight excluding hydrogens is 296 g/mol. The van der Waals surface area contributed by atoms with E-state index in [4.69, 9.17) is 0 Å². The van der Waals surface area contributed by atoms with E-state index in [-0.39, 0.29) is 5.56 Å². The van der Waals surface area contributed by atoms with Crippen LogP contribution in [0.25, 0.3) is 5.57 Å². The fraction of sp³-hybridized carbons (Fsp3) is 0.333. The van der Waals surface area contributed by atoms with Crippen molar-refractivity contribution in [3.05, 3.63) is 41.6 Å². The van der Waals surface area contributed by atoms with E-state index in [1.807, 2.05) is 0 Å². The van der Waals surface area contributed by atoms with Crippen LogP contribution < -0.4 is 5.11 Å². The molecule has 2 heterocycles. The van der Waals surface area contributed by atoms with Gasteiger partial charge in [0.15, 0.2) is 0 Å². The molecule has 1 aromatic rings. The van der Waals surface area contributed by atoms with Gasteiger partial charge in [-0.15, -0.1) is 0 Å². The van der Waals surface area contributed by atoms with Crippen LogP contribution in [0.4, 0.5) is 8.78 Å².